The lowest BCUT2D eigenvalue weighted by Crippen LogP contribution is -2.19. The Labute approximate surface area is 161 Å². The molecule has 152 valence electrons. The van der Waals surface area contributed by atoms with Gasteiger partial charge in [-0.2, -0.15) is 0 Å². The van der Waals surface area contributed by atoms with Crippen LogP contribution in [0.5, 0.6) is 0 Å². The minimum absolute atomic E-state index is 0.204. The molecular formula is C17H16N4O8. The monoisotopic (exact) mass is 404 g/mol. The number of hydrogen-bond donors (Lipinski definition) is 8. The summed E-state index contributed by atoms with van der Waals surface area (Å²) in [5, 5.41) is 37.7. The Balaban J connectivity index is 2.88. The average Bonchev–Trinajstić information content (AvgIpc) is 2.58. The first-order valence-electron chi connectivity index (χ1n) is 7.73. The van der Waals surface area contributed by atoms with Crippen LogP contribution in [0.4, 0.5) is 22.7 Å². The molecule has 29 heavy (non-hydrogen) atoms. The van der Waals surface area contributed by atoms with E-state index in [1.165, 1.54) is 0 Å². The van der Waals surface area contributed by atoms with Crippen molar-refractivity contribution in [1.29, 1.82) is 0 Å². The zero-order chi connectivity index (χ0) is 22.2. The molecule has 0 atom stereocenters. The van der Waals surface area contributed by atoms with Gasteiger partial charge < -0.3 is 43.4 Å². The van der Waals surface area contributed by atoms with Crippen LogP contribution in [0.1, 0.15) is 52.6 Å². The van der Waals surface area contributed by atoms with Crippen molar-refractivity contribution in [2.45, 2.75) is 6.42 Å². The third-order valence-electron chi connectivity index (χ3n) is 4.20. The van der Waals surface area contributed by atoms with Crippen LogP contribution < -0.4 is 22.9 Å². The van der Waals surface area contributed by atoms with Gasteiger partial charge in [-0.05, 0) is 29.7 Å². The minimum atomic E-state index is -1.66. The summed E-state index contributed by atoms with van der Waals surface area (Å²) in [5.41, 5.74) is 17.7. The van der Waals surface area contributed by atoms with Crippen LogP contribution in [0, 0.1) is 0 Å². The van der Waals surface area contributed by atoms with E-state index in [9.17, 15) is 39.6 Å². The largest absolute Gasteiger partial charge is 0.478 e. The number of nitrogens with two attached hydrogens (primary N) is 4. The molecular weight excluding hydrogens is 388 g/mol. The molecule has 0 saturated carbocycles. The number of hydrogen-bond acceptors (Lipinski definition) is 8. The van der Waals surface area contributed by atoms with Gasteiger partial charge in [0.1, 0.15) is 0 Å². The van der Waals surface area contributed by atoms with Gasteiger partial charge in [0, 0.05) is 0 Å². The summed E-state index contributed by atoms with van der Waals surface area (Å²) in [7, 11) is 0. The second-order valence-electron chi connectivity index (χ2n) is 5.97. The van der Waals surface area contributed by atoms with Gasteiger partial charge in [0.25, 0.3) is 0 Å². The molecule has 12 heteroatoms. The highest BCUT2D eigenvalue weighted by atomic mass is 16.4. The summed E-state index contributed by atoms with van der Waals surface area (Å²) < 4.78 is 0. The number of nitrogen functional groups attached to an aromatic ring is 4. The minimum Gasteiger partial charge on any atom is -0.478 e. The molecule has 12 N–H and O–H groups in total. The maximum atomic E-state index is 11.7. The Kier molecular flexibility index (Phi) is 5.22. The van der Waals surface area contributed by atoms with Crippen LogP contribution in [0.15, 0.2) is 12.1 Å². The molecule has 0 amide bonds. The highest BCUT2D eigenvalue weighted by Crippen LogP contribution is 2.33. The van der Waals surface area contributed by atoms with Gasteiger partial charge in [-0.3, -0.25) is 0 Å². The number of anilines is 4. The van der Waals surface area contributed by atoms with Gasteiger partial charge in [-0.25, -0.2) is 19.2 Å². The van der Waals surface area contributed by atoms with Crippen LogP contribution in [0.2, 0.25) is 0 Å². The smallest absolute Gasteiger partial charge is 0.338 e. The zero-order valence-corrected chi connectivity index (χ0v) is 14.6. The normalized spacial score (nSPS) is 10.5. The number of carboxylic acid groups (broad SMARTS) is 4. The zero-order valence-electron chi connectivity index (χ0n) is 14.6. The molecule has 2 aromatic rings. The number of benzene rings is 2. The summed E-state index contributed by atoms with van der Waals surface area (Å²) >= 11 is 0. The molecule has 0 spiro atoms. The topological polar surface area (TPSA) is 253 Å². The van der Waals surface area contributed by atoms with Crippen molar-refractivity contribution in [2.24, 2.45) is 0 Å². The van der Waals surface area contributed by atoms with Gasteiger partial charge in [0.2, 0.25) is 0 Å². The lowest BCUT2D eigenvalue weighted by molar-refractivity contribution is 0.0650. The van der Waals surface area contributed by atoms with Gasteiger partial charge >= 0.3 is 23.9 Å². The van der Waals surface area contributed by atoms with E-state index < -0.39 is 63.9 Å². The first-order valence-corrected chi connectivity index (χ1v) is 7.73. The first-order chi connectivity index (χ1) is 13.4. The Bertz CT molecular complexity index is 1010. The maximum absolute atomic E-state index is 11.7. The van der Waals surface area contributed by atoms with Crippen molar-refractivity contribution in [1.82, 2.24) is 0 Å². The molecule has 0 aliphatic heterocycles. The highest BCUT2D eigenvalue weighted by Gasteiger charge is 2.29. The lowest BCUT2D eigenvalue weighted by Gasteiger charge is -2.17. The van der Waals surface area contributed by atoms with Crippen LogP contribution in [0.3, 0.4) is 0 Å². The summed E-state index contributed by atoms with van der Waals surface area (Å²) in [6.45, 7) is 0. The van der Waals surface area contributed by atoms with Crippen LogP contribution >= 0.6 is 0 Å². The van der Waals surface area contributed by atoms with E-state index in [4.69, 9.17) is 22.9 Å². The van der Waals surface area contributed by atoms with Gasteiger partial charge in [-0.1, -0.05) is 0 Å². The second kappa shape index (κ2) is 7.26. The molecule has 2 aromatic carbocycles. The van der Waals surface area contributed by atoms with Gasteiger partial charge in [-0.15, -0.1) is 0 Å². The molecule has 0 aromatic heterocycles. The van der Waals surface area contributed by atoms with E-state index in [2.05, 4.69) is 0 Å². The van der Waals surface area contributed by atoms with Crippen molar-refractivity contribution >= 4 is 46.6 Å². The lowest BCUT2D eigenvalue weighted by atomic mass is 9.89. The third kappa shape index (κ3) is 3.53. The van der Waals surface area contributed by atoms with E-state index >= 15 is 0 Å². The summed E-state index contributed by atoms with van der Waals surface area (Å²) in [5.74, 6) is -6.62. The average molecular weight is 404 g/mol. The predicted molar refractivity (Wildman–Crippen MR) is 101 cm³/mol. The van der Waals surface area contributed by atoms with E-state index in [0.29, 0.717) is 0 Å². The molecule has 0 aliphatic rings. The SMILES string of the molecule is Nc1cc(Cc2cc(N)c(N)c(C(=O)O)c2C(=O)O)c(C(=O)O)c(C(=O)O)c1N. The molecule has 0 unspecified atom stereocenters. The van der Waals surface area contributed by atoms with Crippen LogP contribution in [-0.2, 0) is 6.42 Å². The molecule has 0 radical (unpaired) electrons. The first kappa shape index (κ1) is 20.8. The van der Waals surface area contributed by atoms with E-state index in [1.54, 1.807) is 0 Å². The van der Waals surface area contributed by atoms with Crippen LogP contribution in [0.25, 0.3) is 0 Å². The molecule has 0 bridgehead atoms. The fourth-order valence-corrected chi connectivity index (χ4v) is 2.97. The molecule has 12 nitrogen and oxygen atoms in total. The number of carboxylic acids is 4. The number of aromatic carboxylic acids is 4. The van der Waals surface area contributed by atoms with E-state index in [-0.39, 0.29) is 22.5 Å². The van der Waals surface area contributed by atoms with Crippen LogP contribution in [-0.4, -0.2) is 44.3 Å². The Morgan fingerprint density at radius 3 is 1.10 bits per heavy atom. The highest BCUT2D eigenvalue weighted by molar-refractivity contribution is 6.10. The Morgan fingerprint density at radius 1 is 0.586 bits per heavy atom. The quantitative estimate of drug-likeness (QED) is 0.304. The van der Waals surface area contributed by atoms with Crippen molar-refractivity contribution < 1.29 is 39.6 Å². The fraction of sp³-hybridized carbons (Fsp3) is 0.0588. The van der Waals surface area contributed by atoms with Crippen molar-refractivity contribution in [2.75, 3.05) is 22.9 Å². The molecule has 0 heterocycles. The van der Waals surface area contributed by atoms with E-state index in [0.717, 1.165) is 12.1 Å². The third-order valence-corrected chi connectivity index (χ3v) is 4.20. The van der Waals surface area contributed by atoms with Crippen molar-refractivity contribution in [3.05, 3.63) is 45.5 Å². The summed E-state index contributed by atoms with van der Waals surface area (Å²) in [6, 6.07) is 2.15. The molecule has 0 fully saturated rings. The predicted octanol–water partition coefficient (Wildman–Crippen LogP) is 0.399. The standard InChI is InChI=1S/C17H16N4O8/c18-6-2-4(8(14(22)23)10(12(6)20)16(26)27)1-5-3-7(19)13(21)11(17(28)29)9(5)15(24)25/h2-3H,1,18-21H2,(H,22,23)(H,24,25)(H,26,27)(H,28,29). The fourth-order valence-electron chi connectivity index (χ4n) is 2.97. The van der Waals surface area contributed by atoms with Crippen molar-refractivity contribution in [3.63, 3.8) is 0 Å². The molecule has 2 rings (SSSR count). The van der Waals surface area contributed by atoms with Gasteiger partial charge in [0.15, 0.2) is 0 Å². The van der Waals surface area contributed by atoms with Gasteiger partial charge in [0.05, 0.1) is 45.0 Å². The number of carbonyl (C=O) groups is 4. The molecule has 0 saturated heterocycles. The van der Waals surface area contributed by atoms with E-state index in [1.807, 2.05) is 0 Å². The summed E-state index contributed by atoms with van der Waals surface area (Å²) in [6.07, 6.45) is -0.515. The second-order valence-corrected chi connectivity index (χ2v) is 5.97. The molecule has 0 aliphatic carbocycles. The maximum Gasteiger partial charge on any atom is 0.338 e. The summed E-state index contributed by atoms with van der Waals surface area (Å²) in [4.78, 5) is 46.4. The Morgan fingerprint density at radius 2 is 0.862 bits per heavy atom. The number of rotatable bonds is 6. The van der Waals surface area contributed by atoms with Crippen molar-refractivity contribution in [3.8, 4) is 0 Å². The Hall–Kier alpha value is -4.48.